The van der Waals surface area contributed by atoms with E-state index in [4.69, 9.17) is 37.9 Å². The number of para-hydroxylation sites is 8. The Labute approximate surface area is 788 Å². The first-order valence-electron chi connectivity index (χ1n) is 47.5. The lowest BCUT2D eigenvalue weighted by molar-refractivity contribution is -0.314. The lowest BCUT2D eigenvalue weighted by atomic mass is 9.88. The Hall–Kier alpha value is -14.1. The Morgan fingerprint density at radius 1 is 0.360 bits per heavy atom. The molecule has 4 fully saturated rings. The molecule has 20 aromatic rings. The van der Waals surface area contributed by atoms with Crippen LogP contribution in [0.2, 0.25) is 0 Å². The van der Waals surface area contributed by atoms with Crippen LogP contribution in [0.5, 0.6) is 0 Å². The molecule has 16 atom stereocenters. The summed E-state index contributed by atoms with van der Waals surface area (Å²) in [6.45, 7) is 9.71. The van der Waals surface area contributed by atoms with Crippen LogP contribution in [0.25, 0.3) is 174 Å². The zero-order valence-electron chi connectivity index (χ0n) is 76.9. The molecular weight excluding hydrogens is 1760 g/mol. The third kappa shape index (κ3) is 9.60. The molecule has 0 radical (unpaired) electrons. The van der Waals surface area contributed by atoms with Gasteiger partial charge in [-0.05, 0) is 106 Å². The Kier molecular flexibility index (Phi) is 16.4. The zero-order chi connectivity index (χ0) is 94.2. The number of carbonyl (C=O) groups is 5. The van der Waals surface area contributed by atoms with Crippen LogP contribution >= 0.6 is 0 Å². The molecule has 12 aromatic carbocycles. The molecule has 0 aliphatic carbocycles. The fourth-order valence-corrected chi connectivity index (χ4v) is 28.2. The van der Waals surface area contributed by atoms with Gasteiger partial charge >= 0.3 is 5.97 Å². The quantitative estimate of drug-likeness (QED) is 0.0723. The number of hydrogen-bond acceptors (Lipinski definition) is 18. The predicted molar refractivity (Wildman–Crippen MR) is 524 cm³/mol. The minimum Gasteiger partial charge on any atom is -0.467 e. The van der Waals surface area contributed by atoms with Gasteiger partial charge in [-0.3, -0.25) is 19.2 Å². The molecule has 32 rings (SSSR count). The van der Waals surface area contributed by atoms with Crippen molar-refractivity contribution in [3.05, 3.63) is 239 Å². The summed E-state index contributed by atoms with van der Waals surface area (Å²) >= 11 is 0. The maximum Gasteiger partial charge on any atom is 0.343 e. The molecule has 0 saturated carbocycles. The number of carbonyl (C=O) groups excluding carboxylic acids is 5. The summed E-state index contributed by atoms with van der Waals surface area (Å²) in [6.07, 6.45) is -5.71. The topological polar surface area (TPSA) is 340 Å². The Morgan fingerprint density at radius 3 is 1.02 bits per heavy atom. The molecule has 12 aliphatic rings. The number of hydrogen-bond donors (Lipinski definition) is 9. The highest BCUT2D eigenvalue weighted by molar-refractivity contribution is 6.36. The van der Waals surface area contributed by atoms with Gasteiger partial charge in [-0.2, -0.15) is 0 Å². The molecule has 30 nitrogen and oxygen atoms in total. The third-order valence-corrected chi connectivity index (χ3v) is 33.5. The van der Waals surface area contributed by atoms with Crippen LogP contribution in [0, 0.1) is 0 Å². The number of methoxy groups -OCH3 is 4. The first kappa shape index (κ1) is 82.0. The van der Waals surface area contributed by atoms with Gasteiger partial charge in [0.05, 0.1) is 124 Å². The van der Waals surface area contributed by atoms with Gasteiger partial charge in [0.25, 0.3) is 23.6 Å². The van der Waals surface area contributed by atoms with E-state index in [2.05, 4.69) is 140 Å². The number of aliphatic hydroxyl groups is 4. The van der Waals surface area contributed by atoms with E-state index in [1.165, 1.54) is 14.2 Å². The lowest BCUT2D eigenvalue weighted by Crippen LogP contribution is -2.62. The second-order valence-corrected chi connectivity index (χ2v) is 39.7. The molecule has 139 heavy (non-hydrogen) atoms. The Morgan fingerprint density at radius 2 is 0.662 bits per heavy atom. The van der Waals surface area contributed by atoms with Gasteiger partial charge in [0.15, 0.2) is 29.1 Å². The number of amides is 4. The fourth-order valence-electron chi connectivity index (χ4n) is 28.2. The first-order chi connectivity index (χ1) is 67.5. The van der Waals surface area contributed by atoms with Gasteiger partial charge in [0.1, 0.15) is 49.2 Å². The normalized spacial score (nSPS) is 27.8. The van der Waals surface area contributed by atoms with E-state index >= 15 is 0 Å². The second kappa shape index (κ2) is 27.7. The predicted octanol–water partition coefficient (Wildman–Crippen LogP) is 15.2. The van der Waals surface area contributed by atoms with Crippen molar-refractivity contribution in [1.82, 2.24) is 63.1 Å². The van der Waals surface area contributed by atoms with Crippen molar-refractivity contribution in [3.63, 3.8) is 0 Å². The average molecular weight is 1860 g/mol. The van der Waals surface area contributed by atoms with Gasteiger partial charge in [-0.25, -0.2) is 4.79 Å². The average Bonchev–Trinajstić information content (AvgIpc) is 1.55. The summed E-state index contributed by atoms with van der Waals surface area (Å²) in [5.74, 6) is -0.956. The van der Waals surface area contributed by atoms with Crippen LogP contribution in [0.15, 0.2) is 194 Å². The smallest absolute Gasteiger partial charge is 0.343 e. The molecule has 4 amide bonds. The van der Waals surface area contributed by atoms with E-state index in [1.54, 1.807) is 21.1 Å². The molecule has 0 spiro atoms. The number of nitrogens with zero attached hydrogens (tertiary/aromatic N) is 8. The number of aromatic nitrogens is 8. The summed E-state index contributed by atoms with van der Waals surface area (Å²) in [5, 5.41) is 77.7. The summed E-state index contributed by atoms with van der Waals surface area (Å²) in [7, 11) is 8.21. The molecule has 8 aromatic heterocycles. The van der Waals surface area contributed by atoms with Gasteiger partial charge < -0.3 is 121 Å². The van der Waals surface area contributed by atoms with Crippen molar-refractivity contribution >= 4 is 204 Å². The number of fused-ring (bicyclic) bond motifs is 52. The lowest BCUT2D eigenvalue weighted by Gasteiger charge is -2.48. The molecule has 8 bridgehead atoms. The van der Waals surface area contributed by atoms with Crippen LogP contribution < -0.4 is 26.6 Å². The standard InChI is InChI=1S/C28H26N4O3.C27H21N3O5.C27H23N3O5.C27H23N3O4/c1-28-26(34-3)17(29-2)12-20(35-28)31-18-10-6-4-8-14(18)22-23-16(13-30-27(23)33)21-15-9-5-7-11-19(15)32(28)25(21)24(22)31;1-26-27(33,25(32)34-2)11-18(35-26)29-16-9-5-3-7-13(16)20-21-15(12-28-24(21)31)19-14-8-4-6-10-17(14)30(26)23(19)22(20)29;1-27-24(34-2)22(31)23(32)26(35-27)29-15-9-5-3-7-12(15)18-19-14(11-28-25(19)33)17-13-8-4-6-10-16(13)30(27)21(17)20(18)29;1-27-25(33-2)18(31)11-19(34-27)29-16-9-5-3-7-13(16)21-22-15(12-28-26(22)32)20-14-8-4-6-10-17(14)30(27)24(20)23(21)29/h4-11,17,20,26,29H,12-13H2,1-3H3,(H,30,33);3-10,18,33H,11-12H2,1-2H3,(H,28,31);3-10,22-24,26,31-32H,11H2,1-2H3,(H,28,33);3-10,18-19,25,31H,11-12H2,1-2H3,(H,28,32)/t17-,20?,26-,28+;18?,26-,27-;22-,23+,24+,26?,27-;18-,19-,25-,27+/m0110/s1. The molecule has 30 heteroatoms. The van der Waals surface area contributed by atoms with Crippen LogP contribution in [0.1, 0.15) is 136 Å². The van der Waals surface area contributed by atoms with Crippen molar-refractivity contribution < 1.29 is 82.3 Å². The molecular formula is C109H93N13O17. The van der Waals surface area contributed by atoms with Crippen LogP contribution in [0.4, 0.5) is 0 Å². The van der Waals surface area contributed by atoms with E-state index < -0.39 is 83.7 Å². The van der Waals surface area contributed by atoms with Crippen molar-refractivity contribution in [3.8, 4) is 0 Å². The molecule has 696 valence electrons. The molecule has 3 unspecified atom stereocenters. The summed E-state index contributed by atoms with van der Waals surface area (Å²) in [4.78, 5) is 66.2. The number of aliphatic hydroxyl groups excluding tert-OH is 3. The molecule has 9 N–H and O–H groups in total. The van der Waals surface area contributed by atoms with Crippen molar-refractivity contribution in [2.75, 3.05) is 35.5 Å². The minimum atomic E-state index is -1.93. The Bertz CT molecular complexity index is 9130. The van der Waals surface area contributed by atoms with Crippen LogP contribution in [-0.4, -0.2) is 170 Å². The van der Waals surface area contributed by atoms with Crippen molar-refractivity contribution in [2.45, 2.75) is 169 Å². The summed E-state index contributed by atoms with van der Waals surface area (Å²) < 4.78 is 67.6. The third-order valence-electron chi connectivity index (χ3n) is 33.5. The maximum atomic E-state index is 13.3. The highest BCUT2D eigenvalue weighted by atomic mass is 16.6. The highest BCUT2D eigenvalue weighted by Crippen LogP contribution is 2.62. The monoisotopic (exact) mass is 1860 g/mol. The fraction of sp³-hybridized carbons (Fsp3) is 0.294. The number of likely N-dealkylation sites (N-methyl/N-ethyl adjacent to an activating group) is 1. The van der Waals surface area contributed by atoms with Gasteiger partial charge in [-0.15, -0.1) is 0 Å². The van der Waals surface area contributed by atoms with Gasteiger partial charge in [0, 0.05) is 159 Å². The van der Waals surface area contributed by atoms with Crippen molar-refractivity contribution in [1.29, 1.82) is 0 Å². The van der Waals surface area contributed by atoms with Gasteiger partial charge in [0.2, 0.25) is 5.60 Å². The van der Waals surface area contributed by atoms with E-state index in [9.17, 15) is 44.4 Å². The summed E-state index contributed by atoms with van der Waals surface area (Å²) in [5.41, 5.74) is 16.1. The Balaban J connectivity index is 0.0000000892. The van der Waals surface area contributed by atoms with Crippen molar-refractivity contribution in [2.24, 2.45) is 0 Å². The first-order valence-corrected chi connectivity index (χ1v) is 47.5. The number of nitrogens with one attached hydrogen (secondary N) is 5. The van der Waals surface area contributed by atoms with Crippen LogP contribution in [-0.2, 0) is 91.8 Å². The van der Waals surface area contributed by atoms with Crippen LogP contribution in [0.3, 0.4) is 0 Å². The van der Waals surface area contributed by atoms with E-state index in [1.807, 2.05) is 145 Å². The molecule has 12 aliphatic heterocycles. The minimum absolute atomic E-state index is 0.00357. The number of rotatable bonds is 5. The van der Waals surface area contributed by atoms with E-state index in [0.717, 1.165) is 214 Å². The van der Waals surface area contributed by atoms with E-state index in [-0.39, 0.29) is 48.4 Å². The molecule has 20 heterocycles. The largest absolute Gasteiger partial charge is 0.467 e. The SMILES string of the molecule is CN[C@H]1CC2O[C@](C)([C@H]1OC)n1c3ccccc3c3c4c(c5c6ccccc6n2c5c31)C(=O)NC4.COC(=O)[C@]1(O)CC2O[C@@]1(C)n1c3ccccc3c3c4c(c5c6ccccc6n2c5c31)C(=O)NC4.CO[C@H]1[C@@H](O)C[C@@H]2O[C@@]1(C)n1c3ccccc3c3c4c(c5c6ccccc6n2c5c31)C(=O)NC4.CO[C@H]1[C@H](O)[C@H](O)C2O[C@@]1(C)n1c3ccccc3c3c4c(c5c6ccccc6n2c5c31)C(=O)NC4. The maximum absolute atomic E-state index is 13.3. The number of esters is 1. The summed E-state index contributed by atoms with van der Waals surface area (Å²) in [6, 6.07) is 65.1. The highest BCUT2D eigenvalue weighted by Gasteiger charge is 2.67. The van der Waals surface area contributed by atoms with E-state index in [0.29, 0.717) is 43.7 Å². The number of benzene rings is 12. The molecule has 4 saturated heterocycles. The zero-order valence-corrected chi connectivity index (χ0v) is 76.9. The second-order valence-electron chi connectivity index (χ2n) is 39.7. The van der Waals surface area contributed by atoms with Gasteiger partial charge in [-0.1, -0.05) is 146 Å². The number of ether oxygens (including phenoxy) is 8.